The molecule has 3 rings (SSSR count). The lowest BCUT2D eigenvalue weighted by molar-refractivity contribution is 0.970. The van der Waals surface area contributed by atoms with E-state index in [2.05, 4.69) is 27.5 Å². The van der Waals surface area contributed by atoms with E-state index in [0.717, 1.165) is 29.7 Å². The van der Waals surface area contributed by atoms with Gasteiger partial charge in [0.25, 0.3) is 0 Å². The Balaban J connectivity index is 2.02. The average molecular weight is 347 g/mol. The van der Waals surface area contributed by atoms with Gasteiger partial charge in [0.1, 0.15) is 5.82 Å². The van der Waals surface area contributed by atoms with Crippen molar-refractivity contribution in [3.63, 3.8) is 0 Å². The van der Waals surface area contributed by atoms with E-state index in [0.29, 0.717) is 21.7 Å². The first-order chi connectivity index (χ1) is 11.2. The summed E-state index contributed by atoms with van der Waals surface area (Å²) in [7, 11) is 0. The molecule has 0 spiro atoms. The Labute approximate surface area is 144 Å². The zero-order chi connectivity index (χ0) is 16.2. The zero-order valence-corrected chi connectivity index (χ0v) is 14.1. The summed E-state index contributed by atoms with van der Waals surface area (Å²) < 4.78 is 0. The summed E-state index contributed by atoms with van der Waals surface area (Å²) in [6.45, 7) is 2.96. The first-order valence-corrected chi connectivity index (χ1v) is 8.16. The predicted octanol–water partition coefficient (Wildman–Crippen LogP) is 5.50. The number of benzene rings is 2. The maximum absolute atomic E-state index is 6.22. The second-order valence-corrected chi connectivity index (χ2v) is 5.85. The summed E-state index contributed by atoms with van der Waals surface area (Å²) in [5, 5.41) is 8.41. The van der Waals surface area contributed by atoms with Crippen LogP contribution in [0.2, 0.25) is 10.0 Å². The van der Waals surface area contributed by atoms with E-state index in [1.807, 2.05) is 36.4 Å². The van der Waals surface area contributed by atoms with Crippen molar-refractivity contribution in [3.8, 4) is 0 Å². The molecule has 0 unspecified atom stereocenters. The van der Waals surface area contributed by atoms with Crippen molar-refractivity contribution in [2.24, 2.45) is 0 Å². The van der Waals surface area contributed by atoms with Gasteiger partial charge in [-0.25, -0.2) is 4.98 Å². The van der Waals surface area contributed by atoms with E-state index in [-0.39, 0.29) is 0 Å². The maximum Gasteiger partial charge on any atom is 0.229 e. The van der Waals surface area contributed by atoms with Crippen molar-refractivity contribution in [1.82, 2.24) is 9.97 Å². The fourth-order valence-corrected chi connectivity index (χ4v) is 2.58. The van der Waals surface area contributed by atoms with Crippen LogP contribution in [0.25, 0.3) is 10.9 Å². The number of rotatable bonds is 5. The molecule has 2 N–H and O–H groups in total. The number of para-hydroxylation sites is 1. The lowest BCUT2D eigenvalue weighted by Crippen LogP contribution is -2.06. The van der Waals surface area contributed by atoms with Crippen LogP contribution < -0.4 is 10.6 Å². The van der Waals surface area contributed by atoms with Crippen molar-refractivity contribution in [2.45, 2.75) is 13.3 Å². The third kappa shape index (κ3) is 3.49. The van der Waals surface area contributed by atoms with Gasteiger partial charge in [-0.3, -0.25) is 0 Å². The SMILES string of the molecule is CCCNc1nc(Nc2cccc(Cl)c2Cl)nc2ccccc12. The van der Waals surface area contributed by atoms with E-state index in [4.69, 9.17) is 23.2 Å². The highest BCUT2D eigenvalue weighted by Crippen LogP contribution is 2.32. The molecular formula is C17H16Cl2N4. The largest absolute Gasteiger partial charge is 0.369 e. The fourth-order valence-electron chi connectivity index (χ4n) is 2.23. The third-order valence-electron chi connectivity index (χ3n) is 3.34. The summed E-state index contributed by atoms with van der Waals surface area (Å²) in [5.41, 5.74) is 1.54. The van der Waals surface area contributed by atoms with Crippen LogP contribution in [-0.2, 0) is 0 Å². The molecule has 1 heterocycles. The van der Waals surface area contributed by atoms with Gasteiger partial charge < -0.3 is 10.6 Å². The van der Waals surface area contributed by atoms with Gasteiger partial charge in [0.05, 0.1) is 21.2 Å². The summed E-state index contributed by atoms with van der Waals surface area (Å²) in [6.07, 6.45) is 1.02. The standard InChI is InChI=1S/C17H16Cl2N4/c1-2-10-20-16-11-6-3-4-8-13(11)21-17(23-16)22-14-9-5-7-12(18)15(14)19/h3-9H,2,10H2,1H3,(H2,20,21,22,23). The maximum atomic E-state index is 6.22. The minimum absolute atomic E-state index is 0.453. The van der Waals surface area contributed by atoms with Gasteiger partial charge in [-0.1, -0.05) is 48.3 Å². The molecular weight excluding hydrogens is 331 g/mol. The number of aromatic nitrogens is 2. The molecule has 0 bridgehead atoms. The minimum Gasteiger partial charge on any atom is -0.369 e. The van der Waals surface area contributed by atoms with Crippen LogP contribution in [0.5, 0.6) is 0 Å². The minimum atomic E-state index is 0.453. The molecule has 0 aliphatic carbocycles. The Morgan fingerprint density at radius 2 is 1.83 bits per heavy atom. The monoisotopic (exact) mass is 346 g/mol. The lowest BCUT2D eigenvalue weighted by atomic mass is 10.2. The molecule has 1 aromatic heterocycles. The highest BCUT2D eigenvalue weighted by atomic mass is 35.5. The second kappa shape index (κ2) is 7.02. The average Bonchev–Trinajstić information content (AvgIpc) is 2.57. The van der Waals surface area contributed by atoms with Crippen LogP contribution in [0, 0.1) is 0 Å². The van der Waals surface area contributed by atoms with Gasteiger partial charge in [0.2, 0.25) is 5.95 Å². The Morgan fingerprint density at radius 3 is 2.65 bits per heavy atom. The Bertz CT molecular complexity index is 836. The fraction of sp³-hybridized carbons (Fsp3) is 0.176. The molecule has 0 atom stereocenters. The Kier molecular flexibility index (Phi) is 4.84. The Hall–Kier alpha value is -2.04. The molecule has 3 aromatic rings. The van der Waals surface area contributed by atoms with E-state index in [1.54, 1.807) is 6.07 Å². The summed E-state index contributed by atoms with van der Waals surface area (Å²) in [6, 6.07) is 13.3. The number of anilines is 3. The molecule has 0 amide bonds. The van der Waals surface area contributed by atoms with Crippen LogP contribution in [-0.4, -0.2) is 16.5 Å². The number of nitrogens with zero attached hydrogens (tertiary/aromatic N) is 2. The van der Waals surface area contributed by atoms with Crippen LogP contribution in [0.15, 0.2) is 42.5 Å². The van der Waals surface area contributed by atoms with Crippen LogP contribution in [0.1, 0.15) is 13.3 Å². The molecule has 0 saturated heterocycles. The lowest BCUT2D eigenvalue weighted by Gasteiger charge is -2.12. The normalized spacial score (nSPS) is 10.7. The van der Waals surface area contributed by atoms with Gasteiger partial charge in [0.15, 0.2) is 0 Å². The Morgan fingerprint density at radius 1 is 1.00 bits per heavy atom. The van der Waals surface area contributed by atoms with Crippen molar-refractivity contribution < 1.29 is 0 Å². The molecule has 0 radical (unpaired) electrons. The summed E-state index contributed by atoms with van der Waals surface area (Å²) in [5.74, 6) is 1.28. The second-order valence-electron chi connectivity index (χ2n) is 5.07. The number of halogens is 2. The van der Waals surface area contributed by atoms with E-state index in [1.165, 1.54) is 0 Å². The van der Waals surface area contributed by atoms with E-state index < -0.39 is 0 Å². The van der Waals surface area contributed by atoms with Crippen LogP contribution in [0.3, 0.4) is 0 Å². The van der Waals surface area contributed by atoms with Gasteiger partial charge in [-0.15, -0.1) is 0 Å². The highest BCUT2D eigenvalue weighted by Gasteiger charge is 2.10. The molecule has 23 heavy (non-hydrogen) atoms. The molecule has 0 fully saturated rings. The smallest absolute Gasteiger partial charge is 0.229 e. The van der Waals surface area contributed by atoms with Crippen LogP contribution in [0.4, 0.5) is 17.5 Å². The molecule has 4 nitrogen and oxygen atoms in total. The molecule has 118 valence electrons. The highest BCUT2D eigenvalue weighted by molar-refractivity contribution is 6.43. The topological polar surface area (TPSA) is 49.8 Å². The van der Waals surface area contributed by atoms with E-state index >= 15 is 0 Å². The predicted molar refractivity (Wildman–Crippen MR) is 98.1 cm³/mol. The molecule has 0 saturated carbocycles. The number of hydrogen-bond acceptors (Lipinski definition) is 4. The molecule has 6 heteroatoms. The van der Waals surface area contributed by atoms with Crippen molar-refractivity contribution in [2.75, 3.05) is 17.2 Å². The van der Waals surface area contributed by atoms with Crippen molar-refractivity contribution in [1.29, 1.82) is 0 Å². The van der Waals surface area contributed by atoms with Gasteiger partial charge >= 0.3 is 0 Å². The molecule has 0 aliphatic heterocycles. The van der Waals surface area contributed by atoms with Gasteiger partial charge in [0, 0.05) is 11.9 Å². The third-order valence-corrected chi connectivity index (χ3v) is 4.16. The van der Waals surface area contributed by atoms with Gasteiger partial charge in [-0.05, 0) is 30.7 Å². The zero-order valence-electron chi connectivity index (χ0n) is 12.6. The molecule has 0 aliphatic rings. The van der Waals surface area contributed by atoms with E-state index in [9.17, 15) is 0 Å². The first-order valence-electron chi connectivity index (χ1n) is 7.40. The number of fused-ring (bicyclic) bond motifs is 1. The van der Waals surface area contributed by atoms with Crippen molar-refractivity contribution in [3.05, 3.63) is 52.5 Å². The quantitative estimate of drug-likeness (QED) is 0.640. The van der Waals surface area contributed by atoms with Crippen LogP contribution >= 0.6 is 23.2 Å². The number of nitrogens with one attached hydrogen (secondary N) is 2. The molecule has 2 aromatic carbocycles. The van der Waals surface area contributed by atoms with Gasteiger partial charge in [-0.2, -0.15) is 4.98 Å². The summed E-state index contributed by atoms with van der Waals surface area (Å²) >= 11 is 12.3. The first kappa shape index (κ1) is 15.8. The number of hydrogen-bond donors (Lipinski definition) is 2. The van der Waals surface area contributed by atoms with Crippen molar-refractivity contribution >= 4 is 51.6 Å². The summed E-state index contributed by atoms with van der Waals surface area (Å²) in [4.78, 5) is 9.12.